The largest absolute Gasteiger partial charge is 0.497 e. The van der Waals surface area contributed by atoms with E-state index in [1.54, 1.807) is 20.4 Å². The Bertz CT molecular complexity index is 821. The maximum atomic E-state index is 12.8. The Balaban J connectivity index is 1.33. The average molecular weight is 396 g/mol. The van der Waals surface area contributed by atoms with Gasteiger partial charge in [0.1, 0.15) is 5.75 Å². The van der Waals surface area contributed by atoms with Gasteiger partial charge >= 0.3 is 0 Å². The number of rotatable bonds is 6. The Morgan fingerprint density at radius 2 is 2.00 bits per heavy atom. The fourth-order valence-corrected chi connectivity index (χ4v) is 4.55. The van der Waals surface area contributed by atoms with Crippen molar-refractivity contribution in [3.8, 4) is 5.75 Å². The number of aromatic nitrogens is 1. The molecule has 29 heavy (non-hydrogen) atoms. The lowest BCUT2D eigenvalue weighted by Gasteiger charge is -2.53. The highest BCUT2D eigenvalue weighted by atomic mass is 16.5. The van der Waals surface area contributed by atoms with Gasteiger partial charge in [0.25, 0.3) is 0 Å². The van der Waals surface area contributed by atoms with Crippen molar-refractivity contribution < 1.29 is 14.3 Å². The molecule has 0 aliphatic carbocycles. The van der Waals surface area contributed by atoms with Crippen LogP contribution in [-0.2, 0) is 16.0 Å². The summed E-state index contributed by atoms with van der Waals surface area (Å²) in [7, 11) is 3.43. The highest BCUT2D eigenvalue weighted by Gasteiger charge is 2.44. The lowest BCUT2D eigenvalue weighted by atomic mass is 9.87. The molecule has 2 unspecified atom stereocenters. The number of methoxy groups -OCH3 is 2. The van der Waals surface area contributed by atoms with E-state index in [-0.39, 0.29) is 18.1 Å². The molecule has 1 amide bonds. The highest BCUT2D eigenvalue weighted by Crippen LogP contribution is 2.39. The first kappa shape index (κ1) is 19.9. The summed E-state index contributed by atoms with van der Waals surface area (Å²) in [5.41, 5.74) is 2.21. The predicted octanol–water partition coefficient (Wildman–Crippen LogP) is 2.70. The second-order valence-electron chi connectivity index (χ2n) is 7.84. The highest BCUT2D eigenvalue weighted by molar-refractivity contribution is 5.79. The maximum Gasteiger partial charge on any atom is 0.226 e. The number of carbonyl (C=O) groups excluding carboxylic acids is 1. The lowest BCUT2D eigenvalue weighted by Crippen LogP contribution is -2.60. The molecule has 154 valence electrons. The van der Waals surface area contributed by atoms with Crippen LogP contribution in [0.2, 0.25) is 0 Å². The minimum absolute atomic E-state index is 0.193. The molecule has 0 spiro atoms. The molecule has 2 fully saturated rings. The molecular weight excluding hydrogens is 366 g/mol. The minimum atomic E-state index is 0.193. The monoisotopic (exact) mass is 395 g/mol. The second-order valence-corrected chi connectivity index (χ2v) is 7.84. The zero-order valence-electron chi connectivity index (χ0n) is 17.2. The summed E-state index contributed by atoms with van der Waals surface area (Å²) in [6, 6.07) is 12.6. The number of pyridine rings is 1. The van der Waals surface area contributed by atoms with Crippen molar-refractivity contribution in [2.75, 3.05) is 33.9 Å². The number of amides is 1. The number of ether oxygens (including phenoxy) is 2. The van der Waals surface area contributed by atoms with Crippen LogP contribution in [0.4, 0.5) is 0 Å². The smallest absolute Gasteiger partial charge is 0.226 e. The topological polar surface area (TPSA) is 54.9 Å². The standard InChI is InChI=1S/C23H29N3O3/c1-28-20-7-3-5-17(13-20)14-22(27)25-11-8-19(9-12-25)26-16-21(29-2)23(26)18-6-4-10-24-15-18/h3-7,10,13,15,19,21,23H,8-9,11-12,14,16H2,1-2H3. The van der Waals surface area contributed by atoms with Gasteiger partial charge in [-0.1, -0.05) is 18.2 Å². The van der Waals surface area contributed by atoms with Crippen molar-refractivity contribution in [3.05, 3.63) is 59.9 Å². The Hall–Kier alpha value is -2.44. The van der Waals surface area contributed by atoms with Crippen molar-refractivity contribution >= 4 is 5.91 Å². The first-order chi connectivity index (χ1) is 14.2. The van der Waals surface area contributed by atoms with E-state index in [1.165, 1.54) is 5.56 Å². The van der Waals surface area contributed by atoms with Crippen LogP contribution < -0.4 is 4.74 Å². The third-order valence-corrected chi connectivity index (χ3v) is 6.20. The molecule has 1 aromatic heterocycles. The van der Waals surface area contributed by atoms with E-state index in [0.717, 1.165) is 43.8 Å². The lowest BCUT2D eigenvalue weighted by molar-refractivity contribution is -0.137. The number of hydrogen-bond donors (Lipinski definition) is 0. The van der Waals surface area contributed by atoms with Crippen LogP contribution in [0.15, 0.2) is 48.8 Å². The summed E-state index contributed by atoms with van der Waals surface area (Å²) in [4.78, 5) is 21.6. The molecular formula is C23H29N3O3. The Morgan fingerprint density at radius 3 is 2.69 bits per heavy atom. The van der Waals surface area contributed by atoms with Crippen molar-refractivity contribution in [1.29, 1.82) is 0 Å². The number of nitrogens with zero attached hydrogens (tertiary/aromatic N) is 3. The van der Waals surface area contributed by atoms with E-state index in [1.807, 2.05) is 41.4 Å². The van der Waals surface area contributed by atoms with Crippen LogP contribution in [0.1, 0.15) is 30.0 Å². The van der Waals surface area contributed by atoms with E-state index in [4.69, 9.17) is 9.47 Å². The summed E-state index contributed by atoms with van der Waals surface area (Å²) in [5, 5.41) is 0. The van der Waals surface area contributed by atoms with Crippen LogP contribution >= 0.6 is 0 Å². The van der Waals surface area contributed by atoms with E-state index in [0.29, 0.717) is 12.5 Å². The SMILES string of the molecule is COc1cccc(CC(=O)N2CCC(N3CC(OC)C3c3cccnc3)CC2)c1. The van der Waals surface area contributed by atoms with E-state index in [2.05, 4.69) is 16.0 Å². The van der Waals surface area contributed by atoms with Gasteiger partial charge in [-0.05, 0) is 42.2 Å². The number of carbonyl (C=O) groups is 1. The molecule has 0 radical (unpaired) electrons. The Morgan fingerprint density at radius 1 is 1.17 bits per heavy atom. The van der Waals surface area contributed by atoms with Crippen LogP contribution in [0.5, 0.6) is 5.75 Å². The summed E-state index contributed by atoms with van der Waals surface area (Å²) in [6.07, 6.45) is 6.38. The van der Waals surface area contributed by atoms with E-state index < -0.39 is 0 Å². The van der Waals surface area contributed by atoms with Gasteiger partial charge in [0.05, 0.1) is 25.7 Å². The number of hydrogen-bond acceptors (Lipinski definition) is 5. The molecule has 3 heterocycles. The van der Waals surface area contributed by atoms with Crippen LogP contribution in [0, 0.1) is 0 Å². The van der Waals surface area contributed by atoms with Gasteiger partial charge in [-0.3, -0.25) is 14.7 Å². The second kappa shape index (κ2) is 8.93. The molecule has 2 saturated heterocycles. The molecule has 2 aliphatic rings. The van der Waals surface area contributed by atoms with Crippen molar-refractivity contribution in [2.45, 2.75) is 37.5 Å². The molecule has 2 atom stereocenters. The fourth-order valence-electron chi connectivity index (χ4n) is 4.55. The quantitative estimate of drug-likeness (QED) is 0.753. The molecule has 0 saturated carbocycles. The summed E-state index contributed by atoms with van der Waals surface area (Å²) in [6.45, 7) is 2.56. The summed E-state index contributed by atoms with van der Waals surface area (Å²) >= 11 is 0. The van der Waals surface area contributed by atoms with Crippen LogP contribution in [0.25, 0.3) is 0 Å². The van der Waals surface area contributed by atoms with Gasteiger partial charge in [-0.25, -0.2) is 0 Å². The number of likely N-dealkylation sites (tertiary alicyclic amines) is 2. The number of benzene rings is 1. The van der Waals surface area contributed by atoms with Gasteiger partial charge in [0.2, 0.25) is 5.91 Å². The Kier molecular flexibility index (Phi) is 6.11. The van der Waals surface area contributed by atoms with Crippen molar-refractivity contribution in [1.82, 2.24) is 14.8 Å². The molecule has 4 rings (SSSR count). The van der Waals surface area contributed by atoms with E-state index >= 15 is 0 Å². The van der Waals surface area contributed by atoms with Gasteiger partial charge < -0.3 is 14.4 Å². The first-order valence-corrected chi connectivity index (χ1v) is 10.3. The predicted molar refractivity (Wildman–Crippen MR) is 111 cm³/mol. The zero-order chi connectivity index (χ0) is 20.2. The van der Waals surface area contributed by atoms with Crippen LogP contribution in [0.3, 0.4) is 0 Å². The van der Waals surface area contributed by atoms with E-state index in [9.17, 15) is 4.79 Å². The van der Waals surface area contributed by atoms with Gasteiger partial charge in [-0.2, -0.15) is 0 Å². The normalized spacial score (nSPS) is 22.9. The third kappa shape index (κ3) is 4.28. The molecule has 6 heteroatoms. The summed E-state index contributed by atoms with van der Waals surface area (Å²) < 4.78 is 10.9. The Labute approximate surface area is 172 Å². The minimum Gasteiger partial charge on any atom is -0.497 e. The zero-order valence-corrected chi connectivity index (χ0v) is 17.2. The summed E-state index contributed by atoms with van der Waals surface area (Å²) in [5.74, 6) is 0.986. The number of piperidine rings is 1. The fraction of sp³-hybridized carbons (Fsp3) is 0.478. The van der Waals surface area contributed by atoms with Gasteiger partial charge in [0.15, 0.2) is 0 Å². The molecule has 2 aliphatic heterocycles. The molecule has 2 aromatic rings. The van der Waals surface area contributed by atoms with Crippen molar-refractivity contribution in [2.24, 2.45) is 0 Å². The third-order valence-electron chi connectivity index (χ3n) is 6.20. The maximum absolute atomic E-state index is 12.8. The molecule has 0 bridgehead atoms. The first-order valence-electron chi connectivity index (χ1n) is 10.3. The average Bonchev–Trinajstić information content (AvgIpc) is 2.75. The van der Waals surface area contributed by atoms with Gasteiger partial charge in [0, 0.05) is 45.2 Å². The molecule has 1 aromatic carbocycles. The molecule has 6 nitrogen and oxygen atoms in total. The van der Waals surface area contributed by atoms with Gasteiger partial charge in [-0.15, -0.1) is 0 Å². The van der Waals surface area contributed by atoms with Crippen molar-refractivity contribution in [3.63, 3.8) is 0 Å². The van der Waals surface area contributed by atoms with Crippen LogP contribution in [-0.4, -0.2) is 66.7 Å². The molecule has 0 N–H and O–H groups in total.